The van der Waals surface area contributed by atoms with Crippen LogP contribution in [0.5, 0.6) is 0 Å². The van der Waals surface area contributed by atoms with Gasteiger partial charge in [-0.1, -0.05) is 34.4 Å². The van der Waals surface area contributed by atoms with E-state index < -0.39 is 45.5 Å². The number of aromatic nitrogens is 1. The van der Waals surface area contributed by atoms with Gasteiger partial charge >= 0.3 is 6.18 Å². The molecule has 2 N–H and O–H groups in total. The Bertz CT molecular complexity index is 1380. The van der Waals surface area contributed by atoms with Crippen molar-refractivity contribution in [2.24, 2.45) is 16.8 Å². The number of nitrogens with zero attached hydrogens (tertiary/aromatic N) is 2. The van der Waals surface area contributed by atoms with Gasteiger partial charge in [-0.2, -0.15) is 13.2 Å². The summed E-state index contributed by atoms with van der Waals surface area (Å²) < 4.78 is 57.1. The van der Waals surface area contributed by atoms with Crippen molar-refractivity contribution < 1.29 is 27.2 Å². The maximum absolute atomic E-state index is 14.4. The predicted octanol–water partition coefficient (Wildman–Crippen LogP) is 6.31. The molecule has 0 radical (unpaired) electrons. The van der Waals surface area contributed by atoms with E-state index in [1.165, 1.54) is 12.1 Å². The van der Waals surface area contributed by atoms with Crippen LogP contribution >= 0.6 is 23.2 Å². The highest BCUT2D eigenvalue weighted by Crippen LogP contribution is 2.50. The van der Waals surface area contributed by atoms with Gasteiger partial charge in [0, 0.05) is 40.4 Å². The van der Waals surface area contributed by atoms with Gasteiger partial charge in [0.25, 0.3) is 5.60 Å². The number of hydrogen-bond acceptors (Lipinski definition) is 4. The van der Waals surface area contributed by atoms with Crippen molar-refractivity contribution in [3.8, 4) is 0 Å². The van der Waals surface area contributed by atoms with Crippen molar-refractivity contribution >= 4 is 45.6 Å². The molecule has 1 unspecified atom stereocenters. The second kappa shape index (κ2) is 8.34. The first kappa shape index (κ1) is 23.8. The molecule has 1 saturated carbocycles. The first-order valence-electron chi connectivity index (χ1n) is 10.7. The van der Waals surface area contributed by atoms with E-state index in [4.69, 9.17) is 33.8 Å². The van der Waals surface area contributed by atoms with Gasteiger partial charge in [-0.15, -0.1) is 0 Å². The predicted molar refractivity (Wildman–Crippen MR) is 123 cm³/mol. The first-order chi connectivity index (χ1) is 16.5. The van der Waals surface area contributed by atoms with Crippen LogP contribution in [0, 0.1) is 11.7 Å². The van der Waals surface area contributed by atoms with Crippen molar-refractivity contribution in [3.05, 3.63) is 74.8 Å². The standard InChI is InChI=1S/C24H17Cl2F4N3O2/c25-16-8-12(9-17(26)21(16)27)23(24(28,29)30)10-19(33-35-23)13-3-4-15(22(31)34)20-14(13)5-6-32-18(20)7-11-1-2-11/h3-6,8-9,11H,1-2,7,10H2,(H2,31,34). The monoisotopic (exact) mass is 525 g/mol. The minimum atomic E-state index is -4.94. The Hall–Kier alpha value is -2.91. The lowest BCUT2D eigenvalue weighted by Gasteiger charge is -2.29. The Morgan fingerprint density at radius 3 is 2.46 bits per heavy atom. The van der Waals surface area contributed by atoms with Crippen LogP contribution in [0.15, 0.2) is 41.7 Å². The number of oxime groups is 1. The highest BCUT2D eigenvalue weighted by Gasteiger charge is 2.62. The lowest BCUT2D eigenvalue weighted by molar-refractivity contribution is -0.275. The molecular formula is C24H17Cl2F4N3O2. The van der Waals surface area contributed by atoms with Crippen molar-refractivity contribution in [1.82, 2.24) is 4.98 Å². The second-order valence-corrected chi connectivity index (χ2v) is 9.55. The molecule has 2 aromatic carbocycles. The molecular weight excluding hydrogens is 509 g/mol. The maximum Gasteiger partial charge on any atom is 0.435 e. The smallest absolute Gasteiger partial charge is 0.374 e. The van der Waals surface area contributed by atoms with Crippen LogP contribution in [-0.2, 0) is 16.9 Å². The maximum atomic E-state index is 14.4. The summed E-state index contributed by atoms with van der Waals surface area (Å²) in [6, 6.07) is 6.22. The van der Waals surface area contributed by atoms with Crippen molar-refractivity contribution in [2.45, 2.75) is 37.5 Å². The molecule has 1 fully saturated rings. The molecule has 0 spiro atoms. The number of benzene rings is 2. The third-order valence-corrected chi connectivity index (χ3v) is 6.95. The van der Waals surface area contributed by atoms with E-state index in [1.54, 1.807) is 12.3 Å². The van der Waals surface area contributed by atoms with E-state index in [0.29, 0.717) is 34.4 Å². The fourth-order valence-electron chi connectivity index (χ4n) is 4.41. The number of fused-ring (bicyclic) bond motifs is 1. The van der Waals surface area contributed by atoms with Gasteiger partial charge in [0.2, 0.25) is 5.91 Å². The molecule has 11 heteroatoms. The summed E-state index contributed by atoms with van der Waals surface area (Å²) in [4.78, 5) is 21.6. The zero-order valence-electron chi connectivity index (χ0n) is 17.9. The number of halogens is 6. The summed E-state index contributed by atoms with van der Waals surface area (Å²) in [7, 11) is 0. The van der Waals surface area contributed by atoms with E-state index in [0.717, 1.165) is 25.0 Å². The van der Waals surface area contributed by atoms with E-state index in [1.807, 2.05) is 0 Å². The molecule has 0 saturated heterocycles. The molecule has 5 nitrogen and oxygen atoms in total. The zero-order chi connectivity index (χ0) is 25.1. The number of alkyl halides is 3. The zero-order valence-corrected chi connectivity index (χ0v) is 19.4. The molecule has 1 aromatic heterocycles. The molecule has 3 aromatic rings. The molecule has 1 aliphatic heterocycles. The number of nitrogens with two attached hydrogens (primary N) is 1. The fourth-order valence-corrected chi connectivity index (χ4v) is 4.90. The molecule has 1 amide bonds. The average Bonchev–Trinajstić information content (AvgIpc) is 3.49. The second-order valence-electron chi connectivity index (χ2n) is 8.74. The molecule has 2 aliphatic rings. The van der Waals surface area contributed by atoms with E-state index in [-0.39, 0.29) is 11.3 Å². The van der Waals surface area contributed by atoms with Gasteiger partial charge < -0.3 is 10.6 Å². The van der Waals surface area contributed by atoms with Gasteiger partial charge in [-0.25, -0.2) is 4.39 Å². The largest absolute Gasteiger partial charge is 0.435 e. The number of carbonyl (C=O) groups is 1. The Labute approximate surface area is 206 Å². The van der Waals surface area contributed by atoms with Gasteiger partial charge in [-0.3, -0.25) is 9.78 Å². The van der Waals surface area contributed by atoms with Gasteiger partial charge in [0.15, 0.2) is 5.82 Å². The Kier molecular flexibility index (Phi) is 5.68. The highest BCUT2D eigenvalue weighted by molar-refractivity contribution is 6.35. The van der Waals surface area contributed by atoms with Crippen LogP contribution in [0.25, 0.3) is 10.8 Å². The quantitative estimate of drug-likeness (QED) is 0.313. The molecule has 35 heavy (non-hydrogen) atoms. The number of primary amides is 1. The number of hydrogen-bond donors (Lipinski definition) is 1. The van der Waals surface area contributed by atoms with E-state index in [9.17, 15) is 22.4 Å². The van der Waals surface area contributed by atoms with E-state index in [2.05, 4.69) is 10.1 Å². The average molecular weight is 526 g/mol. The molecule has 1 aliphatic carbocycles. The summed E-state index contributed by atoms with van der Waals surface area (Å²) in [6.45, 7) is 0. The van der Waals surface area contributed by atoms with Crippen molar-refractivity contribution in [2.75, 3.05) is 0 Å². The lowest BCUT2D eigenvalue weighted by Crippen LogP contribution is -2.42. The molecule has 2 heterocycles. The highest BCUT2D eigenvalue weighted by atomic mass is 35.5. The third kappa shape index (κ3) is 4.00. The minimum absolute atomic E-state index is 0.0107. The van der Waals surface area contributed by atoms with Crippen LogP contribution < -0.4 is 5.73 Å². The Morgan fingerprint density at radius 1 is 1.17 bits per heavy atom. The van der Waals surface area contributed by atoms with Crippen molar-refractivity contribution in [1.29, 1.82) is 0 Å². The Morgan fingerprint density at radius 2 is 1.86 bits per heavy atom. The first-order valence-corrected chi connectivity index (χ1v) is 11.4. The normalized spacial score (nSPS) is 20.1. The molecule has 182 valence electrons. The van der Waals surface area contributed by atoms with Crippen LogP contribution in [0.3, 0.4) is 0 Å². The SMILES string of the molecule is NC(=O)c1ccc(C2=NOC(c3cc(Cl)c(F)c(Cl)c3)(C(F)(F)F)C2)c2ccnc(CC3CC3)c12. The van der Waals surface area contributed by atoms with Crippen LogP contribution in [-0.4, -0.2) is 22.8 Å². The van der Waals surface area contributed by atoms with Gasteiger partial charge in [0.05, 0.1) is 15.8 Å². The molecule has 1 atom stereocenters. The number of pyridine rings is 1. The summed E-state index contributed by atoms with van der Waals surface area (Å²) in [6.07, 6.45) is -1.41. The van der Waals surface area contributed by atoms with E-state index >= 15 is 0 Å². The van der Waals surface area contributed by atoms with Crippen LogP contribution in [0.4, 0.5) is 17.6 Å². The van der Waals surface area contributed by atoms with Gasteiger partial charge in [-0.05, 0) is 54.8 Å². The molecule has 5 rings (SSSR count). The van der Waals surface area contributed by atoms with Gasteiger partial charge in [0.1, 0.15) is 0 Å². The Balaban J connectivity index is 1.64. The number of rotatable bonds is 5. The number of carbonyl (C=O) groups excluding carboxylic acids is 1. The molecule has 0 bridgehead atoms. The van der Waals surface area contributed by atoms with Crippen molar-refractivity contribution in [3.63, 3.8) is 0 Å². The van der Waals surface area contributed by atoms with Crippen LogP contribution in [0.2, 0.25) is 10.0 Å². The minimum Gasteiger partial charge on any atom is -0.374 e. The lowest BCUT2D eigenvalue weighted by atomic mass is 9.85. The van der Waals surface area contributed by atoms with Crippen LogP contribution in [0.1, 0.15) is 46.4 Å². The summed E-state index contributed by atoms with van der Waals surface area (Å²) >= 11 is 11.6. The summed E-state index contributed by atoms with van der Waals surface area (Å²) in [5, 5.41) is 3.63. The summed E-state index contributed by atoms with van der Waals surface area (Å²) in [5.41, 5.74) is 3.40. The third-order valence-electron chi connectivity index (χ3n) is 6.40. The topological polar surface area (TPSA) is 77.6 Å². The fraction of sp³-hybridized carbons (Fsp3) is 0.292. The number of amides is 1. The summed E-state index contributed by atoms with van der Waals surface area (Å²) in [5.74, 6) is -1.26.